The highest BCUT2D eigenvalue weighted by atomic mass is 19.1. The van der Waals surface area contributed by atoms with Crippen LogP contribution >= 0.6 is 0 Å². The third-order valence-corrected chi connectivity index (χ3v) is 6.02. The maximum Gasteiger partial charge on any atom is 0.216 e. The Hall–Kier alpha value is -2.47. The summed E-state index contributed by atoms with van der Waals surface area (Å²) in [6.45, 7) is 5.09. The Morgan fingerprint density at radius 1 is 1.10 bits per heavy atom. The van der Waals surface area contributed by atoms with E-state index in [1.54, 1.807) is 18.2 Å². The molecule has 1 unspecified atom stereocenters. The predicted molar refractivity (Wildman–Crippen MR) is 110 cm³/mol. The fraction of sp³-hybridized carbons (Fsp3) is 0.435. The second-order valence-corrected chi connectivity index (χ2v) is 8.00. The van der Waals surface area contributed by atoms with Gasteiger partial charge in [-0.3, -0.25) is 4.79 Å². The van der Waals surface area contributed by atoms with Crippen LogP contribution in [0.4, 0.5) is 20.2 Å². The smallest absolute Gasteiger partial charge is 0.216 e. The second-order valence-electron chi connectivity index (χ2n) is 8.00. The SMILES string of the molecule is CC(=O)NCCCCN1CC[C@@H]2C(C1)c1cc(F)ccc1N2c1ccc(F)cc1. The lowest BCUT2D eigenvalue weighted by Crippen LogP contribution is -2.45. The lowest BCUT2D eigenvalue weighted by Gasteiger charge is -2.39. The van der Waals surface area contributed by atoms with Crippen molar-refractivity contribution in [3.8, 4) is 0 Å². The van der Waals surface area contributed by atoms with E-state index in [2.05, 4.69) is 15.1 Å². The molecule has 0 aromatic heterocycles. The van der Waals surface area contributed by atoms with Crippen molar-refractivity contribution in [3.05, 3.63) is 59.7 Å². The molecule has 0 aliphatic carbocycles. The highest BCUT2D eigenvalue weighted by Gasteiger charge is 2.42. The standard InChI is InChI=1S/C23H27F2N3O/c1-16(29)26-11-2-3-12-27-13-10-23-21(15-27)20-14-18(25)6-9-22(20)28(23)19-7-4-17(24)5-8-19/h4-9,14,21,23H,2-3,10-13,15H2,1H3,(H,26,29)/t21?,23-/m1/s1. The zero-order valence-corrected chi connectivity index (χ0v) is 16.7. The Bertz CT molecular complexity index is 871. The summed E-state index contributed by atoms with van der Waals surface area (Å²) in [5, 5.41) is 2.83. The fourth-order valence-corrected chi connectivity index (χ4v) is 4.70. The van der Waals surface area contributed by atoms with Crippen LogP contribution in [0.5, 0.6) is 0 Å². The third kappa shape index (κ3) is 4.27. The maximum absolute atomic E-state index is 14.0. The molecule has 6 heteroatoms. The Balaban J connectivity index is 1.49. The van der Waals surface area contributed by atoms with Crippen molar-refractivity contribution in [2.24, 2.45) is 0 Å². The monoisotopic (exact) mass is 399 g/mol. The summed E-state index contributed by atoms with van der Waals surface area (Å²) >= 11 is 0. The average molecular weight is 399 g/mol. The van der Waals surface area contributed by atoms with Crippen LogP contribution in [0.3, 0.4) is 0 Å². The number of carbonyl (C=O) groups is 1. The van der Waals surface area contributed by atoms with Gasteiger partial charge in [-0.05, 0) is 73.8 Å². The van der Waals surface area contributed by atoms with Crippen LogP contribution in [0.1, 0.15) is 37.7 Å². The average Bonchev–Trinajstić information content (AvgIpc) is 3.01. The van der Waals surface area contributed by atoms with Gasteiger partial charge in [-0.15, -0.1) is 0 Å². The van der Waals surface area contributed by atoms with Crippen LogP contribution in [0, 0.1) is 11.6 Å². The number of rotatable bonds is 6. The van der Waals surface area contributed by atoms with Crippen molar-refractivity contribution in [1.29, 1.82) is 0 Å². The molecule has 29 heavy (non-hydrogen) atoms. The first kappa shape index (κ1) is 19.8. The number of carbonyl (C=O) groups excluding carboxylic acids is 1. The van der Waals surface area contributed by atoms with E-state index < -0.39 is 0 Å². The highest BCUT2D eigenvalue weighted by molar-refractivity contribution is 5.73. The molecular weight excluding hydrogens is 372 g/mol. The number of halogens is 2. The van der Waals surface area contributed by atoms with Crippen molar-refractivity contribution < 1.29 is 13.6 Å². The normalized spacial score (nSPS) is 21.0. The quantitative estimate of drug-likeness (QED) is 0.740. The zero-order valence-electron chi connectivity index (χ0n) is 16.7. The molecule has 4 rings (SSSR count). The van der Waals surface area contributed by atoms with Crippen LogP contribution in [0.25, 0.3) is 0 Å². The fourth-order valence-electron chi connectivity index (χ4n) is 4.70. The number of nitrogens with one attached hydrogen (secondary N) is 1. The van der Waals surface area contributed by atoms with Gasteiger partial charge in [0.05, 0.1) is 0 Å². The molecule has 1 saturated heterocycles. The van der Waals surface area contributed by atoms with Crippen LogP contribution in [-0.2, 0) is 4.79 Å². The second kappa shape index (κ2) is 8.49. The number of hydrogen-bond donors (Lipinski definition) is 1. The van der Waals surface area contributed by atoms with Crippen molar-refractivity contribution in [1.82, 2.24) is 10.2 Å². The molecule has 1 N–H and O–H groups in total. The van der Waals surface area contributed by atoms with E-state index in [0.29, 0.717) is 6.54 Å². The van der Waals surface area contributed by atoms with E-state index in [-0.39, 0.29) is 29.5 Å². The summed E-state index contributed by atoms with van der Waals surface area (Å²) < 4.78 is 27.5. The minimum Gasteiger partial charge on any atom is -0.356 e. The van der Waals surface area contributed by atoms with Crippen LogP contribution in [0.2, 0.25) is 0 Å². The molecule has 2 atom stereocenters. The molecule has 1 amide bonds. The zero-order chi connectivity index (χ0) is 20.4. The Kier molecular flexibility index (Phi) is 5.81. The number of fused-ring (bicyclic) bond motifs is 3. The van der Waals surface area contributed by atoms with Crippen LogP contribution < -0.4 is 10.2 Å². The van der Waals surface area contributed by atoms with Crippen molar-refractivity contribution in [3.63, 3.8) is 0 Å². The molecule has 154 valence electrons. The molecule has 2 aliphatic rings. The van der Waals surface area contributed by atoms with Gasteiger partial charge in [0.15, 0.2) is 0 Å². The molecule has 4 nitrogen and oxygen atoms in total. The van der Waals surface area contributed by atoms with Gasteiger partial charge in [-0.25, -0.2) is 8.78 Å². The Morgan fingerprint density at radius 2 is 1.86 bits per heavy atom. The van der Waals surface area contributed by atoms with Gasteiger partial charge < -0.3 is 15.1 Å². The van der Waals surface area contributed by atoms with E-state index in [1.807, 2.05) is 6.07 Å². The molecule has 0 bridgehead atoms. The molecule has 2 aliphatic heterocycles. The highest BCUT2D eigenvalue weighted by Crippen LogP contribution is 2.48. The van der Waals surface area contributed by atoms with Gasteiger partial charge in [-0.1, -0.05) is 0 Å². The number of amides is 1. The molecule has 2 heterocycles. The predicted octanol–water partition coefficient (Wildman–Crippen LogP) is 4.19. The van der Waals surface area contributed by atoms with Gasteiger partial charge in [0.1, 0.15) is 11.6 Å². The van der Waals surface area contributed by atoms with Crippen molar-refractivity contribution in [2.75, 3.05) is 31.1 Å². The number of benzene rings is 2. The maximum atomic E-state index is 14.0. The summed E-state index contributed by atoms with van der Waals surface area (Å²) in [6, 6.07) is 11.9. The van der Waals surface area contributed by atoms with E-state index in [4.69, 9.17) is 0 Å². The van der Waals surface area contributed by atoms with E-state index in [1.165, 1.54) is 25.1 Å². The van der Waals surface area contributed by atoms with Crippen LogP contribution in [0.15, 0.2) is 42.5 Å². The topological polar surface area (TPSA) is 35.6 Å². The van der Waals surface area contributed by atoms with Gasteiger partial charge >= 0.3 is 0 Å². The number of nitrogens with zero attached hydrogens (tertiary/aromatic N) is 2. The minimum absolute atomic E-state index is 0.0105. The number of hydrogen-bond acceptors (Lipinski definition) is 3. The van der Waals surface area contributed by atoms with Gasteiger partial charge in [0.25, 0.3) is 0 Å². The lowest BCUT2D eigenvalue weighted by molar-refractivity contribution is -0.118. The molecule has 0 radical (unpaired) electrons. The first-order valence-corrected chi connectivity index (χ1v) is 10.3. The van der Waals surface area contributed by atoms with E-state index in [9.17, 15) is 13.6 Å². The number of piperidine rings is 1. The number of likely N-dealkylation sites (tertiary alicyclic amines) is 1. The summed E-state index contributed by atoms with van der Waals surface area (Å²) in [6.07, 6.45) is 2.95. The number of unbranched alkanes of at least 4 members (excludes halogenated alkanes) is 1. The van der Waals surface area contributed by atoms with Gasteiger partial charge in [0.2, 0.25) is 5.91 Å². The van der Waals surface area contributed by atoms with Crippen molar-refractivity contribution >= 4 is 17.3 Å². The summed E-state index contributed by atoms with van der Waals surface area (Å²) in [7, 11) is 0. The molecule has 0 spiro atoms. The van der Waals surface area contributed by atoms with Gasteiger partial charge in [-0.2, -0.15) is 0 Å². The molecular formula is C23H27F2N3O. The number of anilines is 2. The molecule has 1 fully saturated rings. The first-order valence-electron chi connectivity index (χ1n) is 10.3. The lowest BCUT2D eigenvalue weighted by atomic mass is 9.89. The molecule has 2 aromatic rings. The minimum atomic E-state index is -0.252. The Morgan fingerprint density at radius 3 is 2.62 bits per heavy atom. The Labute approximate surface area is 170 Å². The third-order valence-electron chi connectivity index (χ3n) is 6.02. The molecule has 0 saturated carbocycles. The van der Waals surface area contributed by atoms with Crippen molar-refractivity contribution in [2.45, 2.75) is 38.1 Å². The summed E-state index contributed by atoms with van der Waals surface area (Å²) in [5.74, 6) is -0.222. The van der Waals surface area contributed by atoms with Crippen LogP contribution in [-0.4, -0.2) is 43.0 Å². The van der Waals surface area contributed by atoms with E-state index >= 15 is 0 Å². The molecule has 2 aromatic carbocycles. The summed E-state index contributed by atoms with van der Waals surface area (Å²) in [4.78, 5) is 15.7. The van der Waals surface area contributed by atoms with E-state index in [0.717, 1.165) is 55.8 Å². The summed E-state index contributed by atoms with van der Waals surface area (Å²) in [5.41, 5.74) is 3.03. The van der Waals surface area contributed by atoms with Gasteiger partial charge in [0, 0.05) is 49.9 Å². The largest absolute Gasteiger partial charge is 0.356 e. The first-order chi connectivity index (χ1) is 14.0.